The average molecular weight is 270 g/mol. The van der Waals surface area contributed by atoms with Crippen LogP contribution in [0, 0.1) is 5.82 Å². The van der Waals surface area contributed by atoms with Gasteiger partial charge in [0.15, 0.2) is 0 Å². The van der Waals surface area contributed by atoms with Crippen molar-refractivity contribution >= 4 is 6.08 Å². The molecule has 0 aliphatic rings. The Morgan fingerprint density at radius 3 is 2.40 bits per heavy atom. The van der Waals surface area contributed by atoms with Crippen LogP contribution in [-0.2, 0) is 11.2 Å². The van der Waals surface area contributed by atoms with Crippen molar-refractivity contribution in [2.24, 2.45) is 0 Å². The molecule has 0 N–H and O–H groups in total. The summed E-state index contributed by atoms with van der Waals surface area (Å²) in [7, 11) is 0. The first-order valence-electron chi connectivity index (χ1n) is 6.92. The van der Waals surface area contributed by atoms with Gasteiger partial charge in [-0.2, -0.15) is 0 Å². The van der Waals surface area contributed by atoms with Crippen molar-refractivity contribution in [1.29, 1.82) is 0 Å². The van der Waals surface area contributed by atoms with Gasteiger partial charge in [0.1, 0.15) is 5.82 Å². The maximum Gasteiger partial charge on any atom is 0.123 e. The highest BCUT2D eigenvalue weighted by molar-refractivity contribution is 5.47. The molecule has 0 spiro atoms. The fourth-order valence-electron chi connectivity index (χ4n) is 1.92. The van der Waals surface area contributed by atoms with Gasteiger partial charge in [0.05, 0.1) is 12.9 Å². The summed E-state index contributed by atoms with van der Waals surface area (Å²) in [6, 6.07) is 16.8. The van der Waals surface area contributed by atoms with Gasteiger partial charge in [0.2, 0.25) is 0 Å². The van der Waals surface area contributed by atoms with Crippen LogP contribution < -0.4 is 0 Å². The molecule has 2 rings (SSSR count). The Bertz CT molecular complexity index is 517. The Kier molecular flexibility index (Phi) is 5.84. The van der Waals surface area contributed by atoms with E-state index in [2.05, 4.69) is 0 Å². The third-order valence-corrected chi connectivity index (χ3v) is 3.05. The van der Waals surface area contributed by atoms with E-state index < -0.39 is 0 Å². The molecule has 0 aliphatic heterocycles. The van der Waals surface area contributed by atoms with Crippen LogP contribution in [0.5, 0.6) is 0 Å². The maximum absolute atomic E-state index is 12.7. The first-order valence-corrected chi connectivity index (χ1v) is 6.92. The molecule has 0 aliphatic carbocycles. The zero-order valence-corrected chi connectivity index (χ0v) is 11.5. The summed E-state index contributed by atoms with van der Waals surface area (Å²) in [5.74, 6) is -0.178. The van der Waals surface area contributed by atoms with Gasteiger partial charge in [-0.25, -0.2) is 4.39 Å². The lowest BCUT2D eigenvalue weighted by molar-refractivity contribution is 0.244. The summed E-state index contributed by atoms with van der Waals surface area (Å²) in [6.45, 7) is 0.713. The summed E-state index contributed by atoms with van der Waals surface area (Å²) in [5.41, 5.74) is 2.31. The molecule has 0 amide bonds. The van der Waals surface area contributed by atoms with E-state index in [-0.39, 0.29) is 5.82 Å². The van der Waals surface area contributed by atoms with Crippen LogP contribution in [0.2, 0.25) is 0 Å². The number of benzene rings is 2. The molecule has 104 valence electrons. The second kappa shape index (κ2) is 8.16. The number of unbranched alkanes of at least 4 members (excludes halogenated alkanes) is 1. The summed E-state index contributed by atoms with van der Waals surface area (Å²) in [5, 5.41) is 0. The predicted octanol–water partition coefficient (Wildman–Crippen LogP) is 4.84. The fourth-order valence-corrected chi connectivity index (χ4v) is 1.92. The van der Waals surface area contributed by atoms with E-state index in [1.54, 1.807) is 6.26 Å². The van der Waals surface area contributed by atoms with Crippen molar-refractivity contribution in [1.82, 2.24) is 0 Å². The van der Waals surface area contributed by atoms with E-state index in [1.807, 2.05) is 48.5 Å². The van der Waals surface area contributed by atoms with Crippen LogP contribution >= 0.6 is 0 Å². The first kappa shape index (κ1) is 14.3. The SMILES string of the molecule is Fc1ccc(CCCCOC=Cc2ccccc2)cc1. The molecule has 0 atom stereocenters. The molecule has 0 saturated carbocycles. The molecule has 0 aromatic heterocycles. The Balaban J connectivity index is 1.58. The second-order valence-electron chi connectivity index (χ2n) is 4.67. The third-order valence-electron chi connectivity index (χ3n) is 3.05. The number of hydrogen-bond acceptors (Lipinski definition) is 1. The van der Waals surface area contributed by atoms with Gasteiger partial charge in [-0.05, 0) is 48.6 Å². The van der Waals surface area contributed by atoms with Crippen LogP contribution in [0.4, 0.5) is 4.39 Å². The van der Waals surface area contributed by atoms with Gasteiger partial charge in [0.25, 0.3) is 0 Å². The van der Waals surface area contributed by atoms with Crippen molar-refractivity contribution in [2.45, 2.75) is 19.3 Å². The number of aryl methyl sites for hydroxylation is 1. The largest absolute Gasteiger partial charge is 0.501 e. The molecule has 2 aromatic carbocycles. The van der Waals surface area contributed by atoms with Crippen LogP contribution in [0.25, 0.3) is 6.08 Å². The minimum atomic E-state index is -0.178. The van der Waals surface area contributed by atoms with Crippen molar-refractivity contribution in [3.63, 3.8) is 0 Å². The monoisotopic (exact) mass is 270 g/mol. The van der Waals surface area contributed by atoms with Gasteiger partial charge >= 0.3 is 0 Å². The lowest BCUT2D eigenvalue weighted by atomic mass is 10.1. The number of hydrogen-bond donors (Lipinski definition) is 0. The van der Waals surface area contributed by atoms with Gasteiger partial charge in [-0.1, -0.05) is 42.5 Å². The average Bonchev–Trinajstić information content (AvgIpc) is 2.49. The minimum absolute atomic E-state index is 0.178. The highest BCUT2D eigenvalue weighted by Gasteiger charge is 1.94. The Morgan fingerprint density at radius 1 is 0.900 bits per heavy atom. The topological polar surface area (TPSA) is 9.23 Å². The fraction of sp³-hybridized carbons (Fsp3) is 0.222. The Hall–Kier alpha value is -2.09. The molecule has 1 nitrogen and oxygen atoms in total. The number of rotatable bonds is 7. The van der Waals surface area contributed by atoms with E-state index in [0.717, 1.165) is 24.8 Å². The second-order valence-corrected chi connectivity index (χ2v) is 4.67. The van der Waals surface area contributed by atoms with Crippen LogP contribution in [0.3, 0.4) is 0 Å². The van der Waals surface area contributed by atoms with Gasteiger partial charge < -0.3 is 4.74 Å². The van der Waals surface area contributed by atoms with Gasteiger partial charge in [-0.15, -0.1) is 0 Å². The van der Waals surface area contributed by atoms with E-state index in [4.69, 9.17) is 4.74 Å². The molecular weight excluding hydrogens is 251 g/mol. The van der Waals surface area contributed by atoms with Crippen molar-refractivity contribution < 1.29 is 9.13 Å². The smallest absolute Gasteiger partial charge is 0.123 e. The van der Waals surface area contributed by atoms with Gasteiger partial charge in [-0.3, -0.25) is 0 Å². The highest BCUT2D eigenvalue weighted by atomic mass is 19.1. The van der Waals surface area contributed by atoms with E-state index >= 15 is 0 Å². The summed E-state index contributed by atoms with van der Waals surface area (Å²) >= 11 is 0. The molecular formula is C18H19FO. The quantitative estimate of drug-likeness (QED) is 0.517. The lowest BCUT2D eigenvalue weighted by Gasteiger charge is -2.02. The van der Waals surface area contributed by atoms with E-state index in [1.165, 1.54) is 17.7 Å². The Labute approximate surface area is 119 Å². The number of halogens is 1. The highest BCUT2D eigenvalue weighted by Crippen LogP contribution is 2.07. The molecule has 20 heavy (non-hydrogen) atoms. The van der Waals surface area contributed by atoms with Crippen molar-refractivity contribution in [3.8, 4) is 0 Å². The molecule has 0 radical (unpaired) electrons. The summed E-state index contributed by atoms with van der Waals surface area (Å²) in [4.78, 5) is 0. The van der Waals surface area contributed by atoms with Crippen LogP contribution in [0.1, 0.15) is 24.0 Å². The van der Waals surface area contributed by atoms with Crippen molar-refractivity contribution in [2.75, 3.05) is 6.61 Å². The van der Waals surface area contributed by atoms with Gasteiger partial charge in [0, 0.05) is 0 Å². The van der Waals surface area contributed by atoms with E-state index in [0.29, 0.717) is 6.61 Å². The zero-order valence-electron chi connectivity index (χ0n) is 11.5. The molecule has 0 unspecified atom stereocenters. The molecule has 2 heteroatoms. The maximum atomic E-state index is 12.7. The molecule has 0 saturated heterocycles. The lowest BCUT2D eigenvalue weighted by Crippen LogP contribution is -1.91. The minimum Gasteiger partial charge on any atom is -0.501 e. The first-order chi connectivity index (χ1) is 9.84. The molecule has 2 aromatic rings. The van der Waals surface area contributed by atoms with E-state index in [9.17, 15) is 4.39 Å². The molecule has 0 fully saturated rings. The normalized spacial score (nSPS) is 10.8. The standard InChI is InChI=1S/C18H19FO/c19-18-11-9-17(10-12-18)8-4-5-14-20-15-13-16-6-2-1-3-7-16/h1-3,6-7,9-13,15H,4-5,8,14H2. The number of ether oxygens (including phenoxy) is 1. The van der Waals surface area contributed by atoms with Crippen molar-refractivity contribution in [3.05, 3.63) is 77.8 Å². The third kappa shape index (κ3) is 5.27. The predicted molar refractivity (Wildman–Crippen MR) is 80.8 cm³/mol. The zero-order chi connectivity index (χ0) is 14.0. The van der Waals surface area contributed by atoms with Crippen LogP contribution in [0.15, 0.2) is 60.9 Å². The van der Waals surface area contributed by atoms with Crippen LogP contribution in [-0.4, -0.2) is 6.61 Å². The molecule has 0 heterocycles. The summed E-state index contributed by atoms with van der Waals surface area (Å²) < 4.78 is 18.2. The summed E-state index contributed by atoms with van der Waals surface area (Å²) in [6.07, 6.45) is 6.71. The Morgan fingerprint density at radius 2 is 1.65 bits per heavy atom. The molecule has 0 bridgehead atoms.